The summed E-state index contributed by atoms with van der Waals surface area (Å²) in [6.45, 7) is 4.53. The number of nitrogens with one attached hydrogen (secondary N) is 1. The van der Waals surface area contributed by atoms with Crippen LogP contribution in [0.5, 0.6) is 0 Å². The van der Waals surface area contributed by atoms with E-state index in [2.05, 4.69) is 5.32 Å². The molecule has 0 saturated carbocycles. The minimum absolute atomic E-state index is 0.0564. The number of carbonyl (C=O) groups excluding carboxylic acids is 2. The molecule has 0 aromatic carbocycles. The molecule has 0 aliphatic rings. The van der Waals surface area contributed by atoms with Crippen molar-refractivity contribution in [2.75, 3.05) is 14.2 Å². The molecule has 0 aliphatic heterocycles. The summed E-state index contributed by atoms with van der Waals surface area (Å²) in [6.07, 6.45) is 5.43. The third-order valence-corrected chi connectivity index (χ3v) is 5.45. The van der Waals surface area contributed by atoms with Crippen molar-refractivity contribution in [3.05, 3.63) is 12.2 Å². The van der Waals surface area contributed by atoms with Gasteiger partial charge in [0.05, 0.1) is 0 Å². The quantitative estimate of drug-likeness (QED) is 0.523. The van der Waals surface area contributed by atoms with Gasteiger partial charge in [0.15, 0.2) is 5.78 Å². The van der Waals surface area contributed by atoms with E-state index in [0.29, 0.717) is 0 Å². The van der Waals surface area contributed by atoms with E-state index in [9.17, 15) is 14.2 Å². The van der Waals surface area contributed by atoms with Crippen molar-refractivity contribution in [2.45, 2.75) is 45.3 Å². The number of hydrogen-bond acceptors (Lipinski definition) is 5. The van der Waals surface area contributed by atoms with Gasteiger partial charge < -0.3 is 14.4 Å². The second-order valence-electron chi connectivity index (χ2n) is 4.42. The first-order chi connectivity index (χ1) is 9.29. The lowest BCUT2D eigenvalue weighted by atomic mass is 10.1. The van der Waals surface area contributed by atoms with Gasteiger partial charge in [0.2, 0.25) is 11.2 Å². The molecule has 0 aromatic rings. The third kappa shape index (κ3) is 4.27. The lowest BCUT2D eigenvalue weighted by molar-refractivity contribution is -0.127. The average Bonchev–Trinajstić information content (AvgIpc) is 2.40. The number of amides is 1. The predicted octanol–water partition coefficient (Wildman–Crippen LogP) is 2.64. The number of rotatable bonds is 9. The lowest BCUT2D eigenvalue weighted by Gasteiger charge is -2.35. The Balaban J connectivity index is 5.64. The van der Waals surface area contributed by atoms with E-state index >= 15 is 0 Å². The first kappa shape index (κ1) is 19.0. The number of unbranched alkanes of at least 4 members (excludes halogenated alkanes) is 1. The van der Waals surface area contributed by atoms with Crippen molar-refractivity contribution >= 4 is 19.3 Å². The Bertz CT molecular complexity index is 413. The molecular formula is C13H24NO5P. The minimum Gasteiger partial charge on any atom is -0.333 e. The molecule has 0 fully saturated rings. The van der Waals surface area contributed by atoms with E-state index in [4.69, 9.17) is 9.05 Å². The molecule has 0 aromatic heterocycles. The van der Waals surface area contributed by atoms with Crippen LogP contribution in [0.15, 0.2) is 12.2 Å². The monoisotopic (exact) mass is 305 g/mol. The molecule has 0 bridgehead atoms. The van der Waals surface area contributed by atoms with Crippen LogP contribution in [0.25, 0.3) is 0 Å². The Morgan fingerprint density at radius 2 is 1.75 bits per heavy atom. The zero-order chi connectivity index (χ0) is 15.8. The molecule has 0 saturated heterocycles. The van der Waals surface area contributed by atoms with Crippen LogP contribution < -0.4 is 5.32 Å². The summed E-state index contributed by atoms with van der Waals surface area (Å²) in [7, 11) is -1.43. The highest BCUT2D eigenvalue weighted by Crippen LogP contribution is 2.59. The molecule has 0 rings (SSSR count). The molecule has 1 atom stereocenters. The standard InChI is InChI=1S/C13H24NO5P/c1-6-7-8-9-10-13(11(2)15,14-12(3)16)20(17,18-4)19-5/h8-9H,6-7,10H2,1-5H3,(H,14,16)/b9-8-/t13-/m0/s1. The summed E-state index contributed by atoms with van der Waals surface area (Å²) in [5.74, 6) is -0.945. The fraction of sp³-hybridized carbons (Fsp3) is 0.692. The van der Waals surface area contributed by atoms with Gasteiger partial charge in [-0.15, -0.1) is 0 Å². The van der Waals surface area contributed by atoms with Gasteiger partial charge >= 0.3 is 7.60 Å². The topological polar surface area (TPSA) is 81.7 Å². The summed E-state index contributed by atoms with van der Waals surface area (Å²) < 4.78 is 22.6. The number of carbonyl (C=O) groups is 2. The van der Waals surface area contributed by atoms with Crippen LogP contribution in [0.3, 0.4) is 0 Å². The highest BCUT2D eigenvalue weighted by molar-refractivity contribution is 7.56. The second kappa shape index (κ2) is 8.35. The van der Waals surface area contributed by atoms with Gasteiger partial charge in [-0.05, 0) is 13.3 Å². The van der Waals surface area contributed by atoms with Gasteiger partial charge in [-0.1, -0.05) is 25.5 Å². The van der Waals surface area contributed by atoms with Crippen molar-refractivity contribution < 1.29 is 23.2 Å². The molecular weight excluding hydrogens is 281 g/mol. The van der Waals surface area contributed by atoms with Crippen LogP contribution in [0.4, 0.5) is 0 Å². The summed E-state index contributed by atoms with van der Waals surface area (Å²) in [6, 6.07) is 0. The number of ketones is 1. The zero-order valence-electron chi connectivity index (χ0n) is 12.8. The number of hydrogen-bond donors (Lipinski definition) is 1. The van der Waals surface area contributed by atoms with E-state index in [-0.39, 0.29) is 6.42 Å². The smallest absolute Gasteiger partial charge is 0.333 e. The first-order valence-corrected chi connectivity index (χ1v) is 8.00. The zero-order valence-corrected chi connectivity index (χ0v) is 13.7. The SMILES string of the molecule is CCC/C=C\C[C@@](NC(C)=O)(C(C)=O)P(=O)(OC)OC. The molecule has 0 radical (unpaired) electrons. The molecule has 116 valence electrons. The lowest BCUT2D eigenvalue weighted by Crippen LogP contribution is -2.53. The molecule has 0 spiro atoms. The van der Waals surface area contributed by atoms with Gasteiger partial charge in [0, 0.05) is 27.6 Å². The summed E-state index contributed by atoms with van der Waals surface area (Å²) >= 11 is 0. The van der Waals surface area contributed by atoms with Crippen LogP contribution in [-0.4, -0.2) is 31.2 Å². The predicted molar refractivity (Wildman–Crippen MR) is 77.5 cm³/mol. The van der Waals surface area contributed by atoms with E-state index in [1.165, 1.54) is 28.1 Å². The van der Waals surface area contributed by atoms with Gasteiger partial charge in [-0.2, -0.15) is 0 Å². The third-order valence-electron chi connectivity index (χ3n) is 2.95. The number of Topliss-reactive ketones (excluding diaryl/α,β-unsaturated/α-hetero) is 1. The summed E-state index contributed by atoms with van der Waals surface area (Å²) in [4.78, 5) is 23.5. The summed E-state index contributed by atoms with van der Waals surface area (Å²) in [5.41, 5.74) is 0. The van der Waals surface area contributed by atoms with Crippen LogP contribution in [0.1, 0.15) is 40.0 Å². The maximum absolute atomic E-state index is 12.7. The largest absolute Gasteiger partial charge is 0.363 e. The van der Waals surface area contributed by atoms with Crippen molar-refractivity contribution in [3.63, 3.8) is 0 Å². The van der Waals surface area contributed by atoms with Gasteiger partial charge in [-0.3, -0.25) is 14.2 Å². The fourth-order valence-corrected chi connectivity index (χ4v) is 3.65. The minimum atomic E-state index is -3.81. The highest BCUT2D eigenvalue weighted by atomic mass is 31.2. The maximum atomic E-state index is 12.7. The second-order valence-corrected chi connectivity index (χ2v) is 6.91. The maximum Gasteiger partial charge on any atom is 0.363 e. The molecule has 1 amide bonds. The first-order valence-electron chi connectivity index (χ1n) is 6.46. The van der Waals surface area contributed by atoms with E-state index in [1.54, 1.807) is 6.08 Å². The Kier molecular flexibility index (Phi) is 7.94. The van der Waals surface area contributed by atoms with Crippen LogP contribution in [0.2, 0.25) is 0 Å². The fourth-order valence-electron chi connectivity index (χ4n) is 1.87. The van der Waals surface area contributed by atoms with Crippen LogP contribution >= 0.6 is 7.60 Å². The van der Waals surface area contributed by atoms with E-state index in [0.717, 1.165) is 12.8 Å². The Hall–Kier alpha value is -0.970. The Morgan fingerprint density at radius 1 is 1.20 bits per heavy atom. The van der Waals surface area contributed by atoms with Crippen molar-refractivity contribution in [1.82, 2.24) is 5.32 Å². The van der Waals surface area contributed by atoms with Gasteiger partial charge in [0.25, 0.3) is 0 Å². The molecule has 7 heteroatoms. The molecule has 0 aliphatic carbocycles. The average molecular weight is 305 g/mol. The van der Waals surface area contributed by atoms with Crippen LogP contribution in [0, 0.1) is 0 Å². The molecule has 1 N–H and O–H groups in total. The van der Waals surface area contributed by atoms with Crippen molar-refractivity contribution in [3.8, 4) is 0 Å². The molecule has 0 heterocycles. The van der Waals surface area contributed by atoms with Gasteiger partial charge in [0.1, 0.15) is 0 Å². The van der Waals surface area contributed by atoms with E-state index < -0.39 is 24.6 Å². The van der Waals surface area contributed by atoms with Gasteiger partial charge in [-0.25, -0.2) is 0 Å². The van der Waals surface area contributed by atoms with Crippen molar-refractivity contribution in [2.24, 2.45) is 0 Å². The molecule has 0 unspecified atom stereocenters. The van der Waals surface area contributed by atoms with Crippen LogP contribution in [-0.2, 0) is 23.2 Å². The molecule has 20 heavy (non-hydrogen) atoms. The molecule has 6 nitrogen and oxygen atoms in total. The number of allylic oxidation sites excluding steroid dienone is 1. The highest BCUT2D eigenvalue weighted by Gasteiger charge is 2.54. The summed E-state index contributed by atoms with van der Waals surface area (Å²) in [5, 5.41) is 0.771. The Labute approximate surface area is 120 Å². The van der Waals surface area contributed by atoms with Crippen molar-refractivity contribution in [1.29, 1.82) is 0 Å². The van der Waals surface area contributed by atoms with E-state index in [1.807, 2.05) is 13.0 Å². The Morgan fingerprint density at radius 3 is 2.10 bits per heavy atom. The normalized spacial score (nSPS) is 15.1.